The van der Waals surface area contributed by atoms with E-state index in [1.165, 1.54) is 16.7 Å². The highest BCUT2D eigenvalue weighted by atomic mass is 35.5. The van der Waals surface area contributed by atoms with Crippen LogP contribution in [0.4, 0.5) is 0 Å². The van der Waals surface area contributed by atoms with Crippen molar-refractivity contribution in [3.05, 3.63) is 105 Å². The van der Waals surface area contributed by atoms with Crippen molar-refractivity contribution in [2.75, 3.05) is 11.5 Å². The lowest BCUT2D eigenvalue weighted by Crippen LogP contribution is -2.39. The summed E-state index contributed by atoms with van der Waals surface area (Å²) in [6.07, 6.45) is 4.03. The summed E-state index contributed by atoms with van der Waals surface area (Å²) in [6, 6.07) is 22.0. The van der Waals surface area contributed by atoms with Crippen LogP contribution in [-0.4, -0.2) is 50.9 Å². The first kappa shape index (κ1) is 28.9. The second kappa shape index (κ2) is 11.9. The molecule has 6 rings (SSSR count). The number of hydrogen-bond donors (Lipinski definition) is 0. The van der Waals surface area contributed by atoms with Crippen molar-refractivity contribution in [1.82, 2.24) is 14.7 Å². The quantitative estimate of drug-likeness (QED) is 0.160. The molecule has 0 N–H and O–H groups in total. The number of amides is 1. The first-order valence-corrected chi connectivity index (χ1v) is 16.8. The van der Waals surface area contributed by atoms with Crippen LogP contribution >= 0.6 is 47.2 Å². The van der Waals surface area contributed by atoms with Crippen molar-refractivity contribution < 1.29 is 17.9 Å². The van der Waals surface area contributed by atoms with Crippen LogP contribution in [0.2, 0.25) is 10.0 Å². The Labute approximate surface area is 263 Å². The Morgan fingerprint density at radius 2 is 1.83 bits per heavy atom. The molecule has 0 saturated carbocycles. The summed E-state index contributed by atoms with van der Waals surface area (Å²) in [4.78, 5) is 15.3. The van der Waals surface area contributed by atoms with E-state index in [4.69, 9.17) is 45.3 Å². The van der Waals surface area contributed by atoms with E-state index in [1.807, 2.05) is 66.9 Å². The zero-order chi connectivity index (χ0) is 29.4. The third-order valence-corrected chi connectivity index (χ3v) is 10.7. The summed E-state index contributed by atoms with van der Waals surface area (Å²) in [5, 5.41) is 5.95. The molecule has 1 aromatic heterocycles. The van der Waals surface area contributed by atoms with Gasteiger partial charge in [-0.25, -0.2) is 13.1 Å². The molecule has 12 heteroatoms. The van der Waals surface area contributed by atoms with Crippen LogP contribution in [0.25, 0.3) is 23.0 Å². The van der Waals surface area contributed by atoms with Crippen molar-refractivity contribution in [1.29, 1.82) is 0 Å². The Kier molecular flexibility index (Phi) is 8.17. The Hall–Kier alpha value is -3.15. The number of nitrogens with zero attached hydrogens (tertiary/aromatic N) is 3. The van der Waals surface area contributed by atoms with Crippen LogP contribution in [0.15, 0.2) is 83.9 Å². The number of aromatic nitrogens is 2. The van der Waals surface area contributed by atoms with Crippen molar-refractivity contribution in [2.45, 2.75) is 19.1 Å². The molecule has 2 aliphatic heterocycles. The van der Waals surface area contributed by atoms with E-state index >= 15 is 0 Å². The van der Waals surface area contributed by atoms with Crippen LogP contribution in [0.1, 0.15) is 17.5 Å². The Morgan fingerprint density at radius 3 is 2.52 bits per heavy atom. The number of thioether (sulfide) groups is 1. The number of sulfone groups is 1. The number of rotatable bonds is 7. The molecular formula is C30H23Cl2N3O4S3. The van der Waals surface area contributed by atoms with Gasteiger partial charge in [-0.1, -0.05) is 71.4 Å². The van der Waals surface area contributed by atoms with Gasteiger partial charge in [0.25, 0.3) is 5.91 Å². The van der Waals surface area contributed by atoms with Crippen molar-refractivity contribution in [3.63, 3.8) is 0 Å². The average Bonchev–Trinajstić information content (AvgIpc) is 3.63. The summed E-state index contributed by atoms with van der Waals surface area (Å²) in [5.74, 6) is 0.368. The molecule has 0 bridgehead atoms. The molecule has 0 radical (unpaired) electrons. The van der Waals surface area contributed by atoms with Gasteiger partial charge in [0.2, 0.25) is 0 Å². The minimum atomic E-state index is -3.17. The van der Waals surface area contributed by atoms with Crippen LogP contribution in [-0.2, 0) is 21.2 Å². The number of carbonyl (C=O) groups is 1. The Morgan fingerprint density at radius 1 is 1.07 bits per heavy atom. The SMILES string of the molecule is O=C1/C(=C/c2cn(-c3ccccc3)nc2-c2ccc(OCc3ccc(Cl)cc3Cl)cc2)SC(=S)N1[C@H]1CCS(=O)(=O)C1. The lowest BCUT2D eigenvalue weighted by molar-refractivity contribution is -0.123. The number of para-hydroxylation sites is 1. The van der Waals surface area contributed by atoms with E-state index in [2.05, 4.69) is 0 Å². The zero-order valence-electron chi connectivity index (χ0n) is 21.9. The van der Waals surface area contributed by atoms with Gasteiger partial charge in [-0.15, -0.1) is 0 Å². The van der Waals surface area contributed by atoms with Gasteiger partial charge in [0.1, 0.15) is 16.7 Å². The third-order valence-electron chi connectivity index (χ3n) is 6.98. The minimum Gasteiger partial charge on any atom is -0.489 e. The van der Waals surface area contributed by atoms with Gasteiger partial charge in [0.05, 0.1) is 33.8 Å². The molecule has 2 fully saturated rings. The zero-order valence-corrected chi connectivity index (χ0v) is 25.9. The molecule has 0 aliphatic carbocycles. The predicted molar refractivity (Wildman–Crippen MR) is 172 cm³/mol. The molecule has 0 spiro atoms. The molecule has 0 unspecified atom stereocenters. The molecule has 7 nitrogen and oxygen atoms in total. The van der Waals surface area contributed by atoms with Gasteiger partial charge in [-0.2, -0.15) is 5.10 Å². The smallest absolute Gasteiger partial charge is 0.266 e. The van der Waals surface area contributed by atoms with E-state index in [9.17, 15) is 13.2 Å². The highest BCUT2D eigenvalue weighted by Gasteiger charge is 2.42. The Balaban J connectivity index is 1.29. The molecule has 4 aromatic rings. The number of halogens is 2. The number of benzene rings is 3. The Bertz CT molecular complexity index is 1820. The largest absolute Gasteiger partial charge is 0.489 e. The van der Waals surface area contributed by atoms with Gasteiger partial charge in [0, 0.05) is 32.9 Å². The van der Waals surface area contributed by atoms with Crippen LogP contribution in [0, 0.1) is 0 Å². The second-order valence-corrected chi connectivity index (χ2v) is 14.6. The average molecular weight is 657 g/mol. The van der Waals surface area contributed by atoms with E-state index < -0.39 is 15.9 Å². The summed E-state index contributed by atoms with van der Waals surface area (Å²) in [5.41, 5.74) is 3.90. The second-order valence-electron chi connectivity index (χ2n) is 9.87. The lowest BCUT2D eigenvalue weighted by atomic mass is 10.1. The summed E-state index contributed by atoms with van der Waals surface area (Å²) < 4.78 is 32.2. The maximum Gasteiger partial charge on any atom is 0.266 e. The fourth-order valence-electron chi connectivity index (χ4n) is 4.85. The first-order chi connectivity index (χ1) is 20.2. The molecule has 2 saturated heterocycles. The van der Waals surface area contributed by atoms with Gasteiger partial charge in [-0.3, -0.25) is 9.69 Å². The number of ether oxygens (including phenoxy) is 1. The van der Waals surface area contributed by atoms with E-state index in [0.717, 1.165) is 22.4 Å². The molecule has 1 amide bonds. The summed E-state index contributed by atoms with van der Waals surface area (Å²) in [7, 11) is -3.17. The van der Waals surface area contributed by atoms with E-state index in [0.29, 0.717) is 37.1 Å². The highest BCUT2D eigenvalue weighted by Crippen LogP contribution is 2.38. The predicted octanol–water partition coefficient (Wildman–Crippen LogP) is 6.81. The molecule has 42 heavy (non-hydrogen) atoms. The van der Waals surface area contributed by atoms with Gasteiger partial charge in [0.15, 0.2) is 9.84 Å². The van der Waals surface area contributed by atoms with Gasteiger partial charge < -0.3 is 4.74 Å². The molecule has 214 valence electrons. The van der Waals surface area contributed by atoms with Crippen LogP contribution in [0.5, 0.6) is 5.75 Å². The molecule has 1 atom stereocenters. The summed E-state index contributed by atoms with van der Waals surface area (Å²) >= 11 is 18.9. The molecule has 3 heterocycles. The fraction of sp³-hybridized carbons (Fsp3) is 0.167. The summed E-state index contributed by atoms with van der Waals surface area (Å²) in [6.45, 7) is 0.285. The van der Waals surface area contributed by atoms with Crippen molar-refractivity contribution in [2.24, 2.45) is 0 Å². The molecular weight excluding hydrogens is 633 g/mol. The third kappa shape index (κ3) is 6.14. The highest BCUT2D eigenvalue weighted by molar-refractivity contribution is 8.26. The monoisotopic (exact) mass is 655 g/mol. The van der Waals surface area contributed by atoms with Crippen molar-refractivity contribution in [3.8, 4) is 22.7 Å². The molecule has 3 aromatic carbocycles. The number of thiocarbonyl (C=S) groups is 1. The minimum absolute atomic E-state index is 0.0637. The van der Waals surface area contributed by atoms with Crippen LogP contribution in [0.3, 0.4) is 0 Å². The van der Waals surface area contributed by atoms with E-state index in [1.54, 1.807) is 22.9 Å². The van der Waals surface area contributed by atoms with Crippen molar-refractivity contribution >= 4 is 73.3 Å². The normalized spacial score (nSPS) is 19.1. The topological polar surface area (TPSA) is 81.5 Å². The molecule has 2 aliphatic rings. The van der Waals surface area contributed by atoms with Gasteiger partial charge in [-0.05, 0) is 61.0 Å². The maximum absolute atomic E-state index is 13.4. The standard InChI is InChI=1S/C30H23Cl2N3O4S3/c31-22-9-6-20(26(32)15-22)17-39-25-10-7-19(8-11-25)28-21(16-34(33-28)23-4-2-1-3-5-23)14-27-29(36)35(30(40)41-27)24-12-13-42(37,38)18-24/h1-11,14-16,24H,12-13,17-18H2/b27-14-/t24-/m0/s1. The number of carbonyl (C=O) groups excluding carboxylic acids is 1. The lowest BCUT2D eigenvalue weighted by Gasteiger charge is -2.20. The van der Waals surface area contributed by atoms with Crippen LogP contribution < -0.4 is 4.74 Å². The fourth-order valence-corrected chi connectivity index (χ4v) is 8.41. The first-order valence-electron chi connectivity index (χ1n) is 13.0. The maximum atomic E-state index is 13.4. The van der Waals surface area contributed by atoms with Gasteiger partial charge >= 0.3 is 0 Å². The van der Waals surface area contributed by atoms with E-state index in [-0.39, 0.29) is 24.0 Å². The number of hydrogen-bond acceptors (Lipinski definition) is 7.